The van der Waals surface area contributed by atoms with Crippen LogP contribution in [0.4, 0.5) is 4.79 Å². The van der Waals surface area contributed by atoms with E-state index in [2.05, 4.69) is 43.8 Å². The van der Waals surface area contributed by atoms with Crippen LogP contribution in [0.3, 0.4) is 0 Å². The highest BCUT2D eigenvalue weighted by Crippen LogP contribution is 2.38. The van der Waals surface area contributed by atoms with Crippen LogP contribution in [-0.4, -0.2) is 86.4 Å². The Kier molecular flexibility index (Phi) is 9.01. The zero-order chi connectivity index (χ0) is 28.4. The molecule has 2 saturated heterocycles. The van der Waals surface area contributed by atoms with E-state index in [1.54, 1.807) is 0 Å². The number of amides is 3. The lowest BCUT2D eigenvalue weighted by Gasteiger charge is -2.40. The molecule has 3 aliphatic rings. The molecule has 2 aliphatic heterocycles. The summed E-state index contributed by atoms with van der Waals surface area (Å²) in [4.78, 5) is 36.2. The number of hydrogen-bond acceptors (Lipinski definition) is 6. The van der Waals surface area contributed by atoms with Gasteiger partial charge in [-0.3, -0.25) is 14.7 Å². The molecule has 0 saturated carbocycles. The number of piperidine rings is 1. The average Bonchev–Trinajstić information content (AvgIpc) is 3.09. The molecule has 1 aromatic heterocycles. The van der Waals surface area contributed by atoms with Gasteiger partial charge < -0.3 is 9.80 Å². The monoisotopic (exact) mass is 652 g/mol. The third-order valence-corrected chi connectivity index (χ3v) is 9.83. The van der Waals surface area contributed by atoms with Crippen LogP contribution in [0, 0.1) is 5.92 Å². The van der Waals surface area contributed by atoms with Crippen LogP contribution < -0.4 is 9.44 Å². The van der Waals surface area contributed by atoms with E-state index in [4.69, 9.17) is 16.6 Å². The Morgan fingerprint density at radius 2 is 1.73 bits per heavy atom. The molecule has 1 aromatic carbocycles. The summed E-state index contributed by atoms with van der Waals surface area (Å²) in [6, 6.07) is 7.68. The van der Waals surface area contributed by atoms with E-state index in [0.717, 1.165) is 41.1 Å². The van der Waals surface area contributed by atoms with Crippen LogP contribution in [0.15, 0.2) is 34.9 Å². The molecule has 5 rings (SSSR count). The van der Waals surface area contributed by atoms with Gasteiger partial charge in [0.2, 0.25) is 5.91 Å². The first-order valence-corrected chi connectivity index (χ1v) is 16.2. The van der Waals surface area contributed by atoms with Crippen molar-refractivity contribution < 1.29 is 18.0 Å². The Morgan fingerprint density at radius 1 is 1.02 bits per heavy atom. The van der Waals surface area contributed by atoms with Gasteiger partial charge in [-0.2, -0.15) is 8.42 Å². The van der Waals surface area contributed by atoms with E-state index in [9.17, 15) is 18.0 Å². The Morgan fingerprint density at radius 3 is 2.42 bits per heavy atom. The molecule has 0 radical (unpaired) electrons. The van der Waals surface area contributed by atoms with Crippen molar-refractivity contribution in [3.63, 3.8) is 0 Å². The Labute approximate surface area is 248 Å². The zero-order valence-corrected chi connectivity index (χ0v) is 25.6. The third-order valence-electron chi connectivity index (χ3n) is 8.18. The summed E-state index contributed by atoms with van der Waals surface area (Å²) >= 11 is 9.94. The standard InChI is InChI=1S/C27H34BrClN6O4S/c1-30-40(38,39)32-27(37)35-8-6-18(7-9-35)14-24(36)33-10-12-34(13-11-33)26-23-5-4-22(29)16-19(23)2-3-20-15-21(28)17-31-25(20)26/h4-5,15-18,26,30H,2-3,6-14H2,1H3,(H,32,37). The number of aryl methyl sites for hydroxylation is 2. The molecule has 2 aromatic rings. The zero-order valence-electron chi connectivity index (χ0n) is 22.4. The minimum atomic E-state index is -3.83. The van der Waals surface area contributed by atoms with Crippen molar-refractivity contribution in [2.24, 2.45) is 5.92 Å². The number of urea groups is 1. The van der Waals surface area contributed by atoms with Gasteiger partial charge in [-0.05, 0) is 82.4 Å². The van der Waals surface area contributed by atoms with Gasteiger partial charge in [-0.1, -0.05) is 17.7 Å². The fourth-order valence-electron chi connectivity index (χ4n) is 5.96. The van der Waals surface area contributed by atoms with Gasteiger partial charge >= 0.3 is 16.2 Å². The van der Waals surface area contributed by atoms with Crippen LogP contribution in [0.5, 0.6) is 0 Å². The van der Waals surface area contributed by atoms with Crippen LogP contribution in [0.1, 0.15) is 47.7 Å². The summed E-state index contributed by atoms with van der Waals surface area (Å²) in [5.74, 6) is 0.305. The highest BCUT2D eigenvalue weighted by atomic mass is 79.9. The first kappa shape index (κ1) is 29.2. The van der Waals surface area contributed by atoms with E-state index in [1.165, 1.54) is 28.6 Å². The molecule has 2 fully saturated rings. The Hall–Kier alpha value is -2.25. The largest absolute Gasteiger partial charge is 0.340 e. The number of hydrogen-bond donors (Lipinski definition) is 2. The van der Waals surface area contributed by atoms with E-state index >= 15 is 0 Å². The van der Waals surface area contributed by atoms with E-state index < -0.39 is 16.2 Å². The van der Waals surface area contributed by atoms with Crippen molar-refractivity contribution in [1.82, 2.24) is 29.1 Å². The molecule has 1 atom stereocenters. The van der Waals surface area contributed by atoms with Crippen molar-refractivity contribution in [3.8, 4) is 0 Å². The van der Waals surface area contributed by atoms with Crippen molar-refractivity contribution in [2.75, 3.05) is 46.3 Å². The number of fused-ring (bicyclic) bond motifs is 2. The Balaban J connectivity index is 1.19. The predicted molar refractivity (Wildman–Crippen MR) is 156 cm³/mol. The van der Waals surface area contributed by atoms with E-state index in [-0.39, 0.29) is 17.9 Å². The van der Waals surface area contributed by atoms with Crippen LogP contribution >= 0.6 is 27.5 Å². The first-order valence-electron chi connectivity index (χ1n) is 13.6. The molecule has 10 nitrogen and oxygen atoms in total. The number of carbonyl (C=O) groups is 2. The number of halogens is 2. The maximum Gasteiger partial charge on any atom is 0.332 e. The van der Waals surface area contributed by atoms with Crippen molar-refractivity contribution >= 4 is 49.7 Å². The third kappa shape index (κ3) is 6.62. The lowest BCUT2D eigenvalue weighted by Crippen LogP contribution is -2.51. The van der Waals surface area contributed by atoms with Crippen LogP contribution in [-0.2, 0) is 27.8 Å². The fraction of sp³-hybridized carbons (Fsp3) is 0.519. The lowest BCUT2D eigenvalue weighted by molar-refractivity contribution is -0.134. The maximum atomic E-state index is 13.2. The molecule has 2 N–H and O–H groups in total. The smallest absolute Gasteiger partial charge is 0.332 e. The second kappa shape index (κ2) is 12.3. The molecule has 1 unspecified atom stereocenters. The summed E-state index contributed by atoms with van der Waals surface area (Å²) in [5.41, 5.74) is 4.78. The normalized spacial score (nSPS) is 20.4. The summed E-state index contributed by atoms with van der Waals surface area (Å²) in [6.07, 6.45) is 5.43. The highest BCUT2D eigenvalue weighted by molar-refractivity contribution is 9.10. The predicted octanol–water partition coefficient (Wildman–Crippen LogP) is 3.11. The second-order valence-corrected chi connectivity index (χ2v) is 13.6. The highest BCUT2D eigenvalue weighted by Gasteiger charge is 2.34. The SMILES string of the molecule is CNS(=O)(=O)NC(=O)N1CCC(CC(=O)N2CCN(C3c4ccc(Cl)cc4CCc4cc(Br)cnc43)CC2)CC1. The first-order chi connectivity index (χ1) is 19.1. The molecule has 3 heterocycles. The molecule has 3 amide bonds. The minimum Gasteiger partial charge on any atom is -0.340 e. The van der Waals surface area contributed by atoms with E-state index in [0.29, 0.717) is 45.4 Å². The topological polar surface area (TPSA) is 115 Å². The summed E-state index contributed by atoms with van der Waals surface area (Å²) in [6.45, 7) is 3.62. The number of rotatable bonds is 5. The molecule has 40 heavy (non-hydrogen) atoms. The Bertz CT molecular complexity index is 1320. The van der Waals surface area contributed by atoms with Gasteiger partial charge in [-0.25, -0.2) is 14.2 Å². The minimum absolute atomic E-state index is 0.0114. The van der Waals surface area contributed by atoms with Crippen molar-refractivity contribution in [3.05, 3.63) is 62.3 Å². The maximum absolute atomic E-state index is 13.2. The lowest BCUT2D eigenvalue weighted by atomic mass is 9.93. The van der Waals surface area contributed by atoms with Gasteiger partial charge in [0.25, 0.3) is 0 Å². The number of nitrogens with zero attached hydrogens (tertiary/aromatic N) is 4. The molecule has 0 spiro atoms. The number of benzene rings is 1. The fourth-order valence-corrected chi connectivity index (χ4v) is 6.99. The summed E-state index contributed by atoms with van der Waals surface area (Å²) in [5, 5.41) is 0.738. The number of pyridine rings is 1. The van der Waals surface area contributed by atoms with Gasteiger partial charge in [0.05, 0.1) is 11.7 Å². The van der Waals surface area contributed by atoms with Crippen molar-refractivity contribution in [1.29, 1.82) is 0 Å². The number of piperazine rings is 1. The number of nitrogens with one attached hydrogen (secondary N) is 2. The van der Waals surface area contributed by atoms with Crippen LogP contribution in [0.2, 0.25) is 5.02 Å². The number of likely N-dealkylation sites (tertiary alicyclic amines) is 1. The summed E-state index contributed by atoms with van der Waals surface area (Å²) in [7, 11) is -2.59. The second-order valence-electron chi connectivity index (χ2n) is 10.6. The molecule has 1 aliphatic carbocycles. The van der Waals surface area contributed by atoms with Crippen molar-refractivity contribution in [2.45, 2.75) is 38.1 Å². The number of aromatic nitrogens is 1. The van der Waals surface area contributed by atoms with Gasteiger partial charge in [0, 0.05) is 68.4 Å². The molecular formula is C27H34BrClN6O4S. The van der Waals surface area contributed by atoms with Crippen LogP contribution in [0.25, 0.3) is 0 Å². The quantitative estimate of drug-likeness (QED) is 0.513. The van der Waals surface area contributed by atoms with E-state index in [1.807, 2.05) is 21.9 Å². The molecule has 13 heteroatoms. The number of carbonyl (C=O) groups excluding carboxylic acids is 2. The summed E-state index contributed by atoms with van der Waals surface area (Å²) < 4.78 is 28.2. The molecule has 216 valence electrons. The van der Waals surface area contributed by atoms with Gasteiger partial charge in [-0.15, -0.1) is 0 Å². The molecule has 0 bridgehead atoms. The van der Waals surface area contributed by atoms with Gasteiger partial charge in [0.1, 0.15) is 0 Å². The molecular weight excluding hydrogens is 620 g/mol. The average molecular weight is 654 g/mol. The van der Waals surface area contributed by atoms with Gasteiger partial charge in [0.15, 0.2) is 0 Å².